The van der Waals surface area contributed by atoms with Crippen LogP contribution in [-0.4, -0.2) is 93.5 Å². The predicted octanol–water partition coefficient (Wildman–Crippen LogP) is 2.22. The molecule has 0 aromatic heterocycles. The van der Waals surface area contributed by atoms with Crippen LogP contribution in [0.5, 0.6) is 11.5 Å². The normalized spacial score (nSPS) is 21.1. The molecule has 1 aromatic carbocycles. The molecule has 1 heterocycles. The average Bonchev–Trinajstić information content (AvgIpc) is 2.96. The number of hydrogen-bond donors (Lipinski definition) is 0. The highest BCUT2D eigenvalue weighted by Crippen LogP contribution is 2.31. The van der Waals surface area contributed by atoms with Gasteiger partial charge >= 0.3 is 35.8 Å². The SMILES string of the molecule is COC(=O)C=Cc1ccc(OCC=C(C)COC2OC(COC(C)=O)C(OC(C)=O)C(OC(C)=O)C2OC(C)=O)c(OC(C)=O)c1. The van der Waals surface area contributed by atoms with Crippen molar-refractivity contribution in [2.45, 2.75) is 72.2 Å². The lowest BCUT2D eigenvalue weighted by Gasteiger charge is -2.44. The molecule has 15 heteroatoms. The van der Waals surface area contributed by atoms with Crippen molar-refractivity contribution in [3.63, 3.8) is 0 Å². The Kier molecular flexibility index (Phi) is 14.9. The van der Waals surface area contributed by atoms with Crippen LogP contribution < -0.4 is 9.47 Å². The third kappa shape index (κ3) is 12.7. The van der Waals surface area contributed by atoms with Crippen molar-refractivity contribution in [3.8, 4) is 11.5 Å². The second kappa shape index (κ2) is 18.3. The zero-order valence-electron chi connectivity index (χ0n) is 26.6. The van der Waals surface area contributed by atoms with E-state index in [1.165, 1.54) is 39.2 Å². The maximum absolute atomic E-state index is 12.0. The van der Waals surface area contributed by atoms with Crippen molar-refractivity contribution in [1.82, 2.24) is 0 Å². The molecule has 1 aromatic rings. The van der Waals surface area contributed by atoms with Crippen molar-refractivity contribution >= 4 is 41.9 Å². The van der Waals surface area contributed by atoms with Crippen LogP contribution in [0.4, 0.5) is 0 Å². The fraction of sp³-hybridized carbons (Fsp3) is 0.484. The van der Waals surface area contributed by atoms with Crippen LogP contribution in [0.3, 0.4) is 0 Å². The molecule has 0 amide bonds. The minimum absolute atomic E-state index is 0.0133. The van der Waals surface area contributed by atoms with Crippen LogP contribution in [0.25, 0.3) is 6.08 Å². The van der Waals surface area contributed by atoms with E-state index in [1.807, 2.05) is 0 Å². The smallest absolute Gasteiger partial charge is 0.330 e. The van der Waals surface area contributed by atoms with Crippen LogP contribution in [0, 0.1) is 0 Å². The van der Waals surface area contributed by atoms with Gasteiger partial charge in [0.2, 0.25) is 0 Å². The van der Waals surface area contributed by atoms with E-state index in [9.17, 15) is 28.8 Å². The molecule has 5 unspecified atom stereocenters. The summed E-state index contributed by atoms with van der Waals surface area (Å²) in [4.78, 5) is 70.4. The second-order valence-electron chi connectivity index (χ2n) is 9.90. The molecule has 15 nitrogen and oxygen atoms in total. The monoisotopic (exact) mass is 650 g/mol. The van der Waals surface area contributed by atoms with Crippen LogP contribution in [-0.2, 0) is 61.9 Å². The van der Waals surface area contributed by atoms with Gasteiger partial charge < -0.3 is 42.6 Å². The number of rotatable bonds is 14. The number of hydrogen-bond acceptors (Lipinski definition) is 15. The van der Waals surface area contributed by atoms with Crippen LogP contribution in [0.15, 0.2) is 35.9 Å². The summed E-state index contributed by atoms with van der Waals surface area (Å²) < 4.78 is 48.6. The van der Waals surface area contributed by atoms with E-state index in [4.69, 9.17) is 37.9 Å². The summed E-state index contributed by atoms with van der Waals surface area (Å²) in [5.74, 6) is -3.67. The van der Waals surface area contributed by atoms with E-state index in [0.717, 1.165) is 20.8 Å². The molecule has 1 aliphatic rings. The van der Waals surface area contributed by atoms with Crippen molar-refractivity contribution in [2.24, 2.45) is 0 Å². The maximum Gasteiger partial charge on any atom is 0.330 e. The number of benzene rings is 1. The molecule has 0 aliphatic carbocycles. The number of esters is 6. The Balaban J connectivity index is 2.22. The number of methoxy groups -OCH3 is 1. The third-order valence-electron chi connectivity index (χ3n) is 5.93. The van der Waals surface area contributed by atoms with Gasteiger partial charge in [-0.25, -0.2) is 4.79 Å². The quantitative estimate of drug-likeness (QED) is 0.0937. The third-order valence-corrected chi connectivity index (χ3v) is 5.93. The molecule has 5 atom stereocenters. The fourth-order valence-electron chi connectivity index (χ4n) is 4.08. The van der Waals surface area contributed by atoms with E-state index in [-0.39, 0.29) is 31.3 Å². The fourth-order valence-corrected chi connectivity index (χ4v) is 4.08. The average molecular weight is 651 g/mol. The van der Waals surface area contributed by atoms with E-state index < -0.39 is 66.5 Å². The van der Waals surface area contributed by atoms with Gasteiger partial charge in [0.15, 0.2) is 36.1 Å². The van der Waals surface area contributed by atoms with Gasteiger partial charge in [0.05, 0.1) is 13.7 Å². The number of carbonyl (C=O) groups excluding carboxylic acids is 6. The maximum atomic E-state index is 12.0. The first-order valence-electron chi connectivity index (χ1n) is 14.0. The molecular formula is C31H38O15. The Bertz CT molecular complexity index is 1330. The summed E-state index contributed by atoms with van der Waals surface area (Å²) in [6.07, 6.45) is -2.15. The summed E-state index contributed by atoms with van der Waals surface area (Å²) in [6.45, 7) is 7.02. The predicted molar refractivity (Wildman–Crippen MR) is 156 cm³/mol. The molecule has 0 saturated carbocycles. The van der Waals surface area contributed by atoms with Crippen molar-refractivity contribution in [1.29, 1.82) is 0 Å². The second-order valence-corrected chi connectivity index (χ2v) is 9.90. The zero-order chi connectivity index (χ0) is 34.4. The van der Waals surface area contributed by atoms with Gasteiger partial charge in [-0.15, -0.1) is 0 Å². The van der Waals surface area contributed by atoms with E-state index in [2.05, 4.69) is 4.74 Å². The molecule has 1 aliphatic heterocycles. The van der Waals surface area contributed by atoms with Crippen molar-refractivity contribution in [2.75, 3.05) is 26.9 Å². The molecule has 2 rings (SSSR count). The summed E-state index contributed by atoms with van der Waals surface area (Å²) in [6, 6.07) is 4.72. The molecule has 0 spiro atoms. The lowest BCUT2D eigenvalue weighted by molar-refractivity contribution is -0.306. The van der Waals surface area contributed by atoms with Gasteiger partial charge in [0.25, 0.3) is 0 Å². The van der Waals surface area contributed by atoms with Gasteiger partial charge in [0, 0.05) is 40.7 Å². The van der Waals surface area contributed by atoms with Crippen LogP contribution in [0.2, 0.25) is 0 Å². The standard InChI is InChI=1S/C31H38O15/c1-17(12-13-39-24-10-8-23(9-11-27(37)38-7)14-25(24)42-19(3)33)15-41-31-30(45-22(6)36)29(44-21(5)35)28(43-20(4)34)26(46-31)16-40-18(2)32/h8-12,14,26,28-31H,13,15-16H2,1-7H3. The summed E-state index contributed by atoms with van der Waals surface area (Å²) in [5, 5.41) is 0. The van der Waals surface area contributed by atoms with Crippen molar-refractivity contribution < 1.29 is 71.4 Å². The molecule has 0 N–H and O–H groups in total. The Labute approximate surface area is 265 Å². The van der Waals surface area contributed by atoms with Crippen LogP contribution in [0.1, 0.15) is 47.1 Å². The van der Waals surface area contributed by atoms with E-state index in [0.29, 0.717) is 11.1 Å². The Morgan fingerprint density at radius 1 is 0.783 bits per heavy atom. The minimum atomic E-state index is -1.36. The largest absolute Gasteiger partial charge is 0.486 e. The van der Waals surface area contributed by atoms with Crippen molar-refractivity contribution in [3.05, 3.63) is 41.5 Å². The van der Waals surface area contributed by atoms with Crippen LogP contribution >= 0.6 is 0 Å². The van der Waals surface area contributed by atoms with Gasteiger partial charge in [-0.3, -0.25) is 24.0 Å². The Morgan fingerprint density at radius 2 is 1.41 bits per heavy atom. The van der Waals surface area contributed by atoms with Gasteiger partial charge in [-0.05, 0) is 42.3 Å². The van der Waals surface area contributed by atoms with Gasteiger partial charge in [-0.1, -0.05) is 6.07 Å². The summed E-state index contributed by atoms with van der Waals surface area (Å²) in [5.41, 5.74) is 1.18. The van der Waals surface area contributed by atoms with Gasteiger partial charge in [-0.2, -0.15) is 0 Å². The van der Waals surface area contributed by atoms with E-state index in [1.54, 1.807) is 25.1 Å². The highest BCUT2D eigenvalue weighted by molar-refractivity contribution is 5.87. The first kappa shape index (κ1) is 37.4. The molecule has 1 fully saturated rings. The highest BCUT2D eigenvalue weighted by Gasteiger charge is 2.52. The summed E-state index contributed by atoms with van der Waals surface area (Å²) in [7, 11) is 1.25. The number of carbonyl (C=O) groups is 6. The lowest BCUT2D eigenvalue weighted by Crippen LogP contribution is -2.63. The molecular weight excluding hydrogens is 612 g/mol. The number of ether oxygens (including phenoxy) is 9. The topological polar surface area (TPSA) is 185 Å². The first-order valence-corrected chi connectivity index (χ1v) is 14.0. The molecule has 1 saturated heterocycles. The lowest BCUT2D eigenvalue weighted by atomic mass is 9.98. The molecule has 46 heavy (non-hydrogen) atoms. The Morgan fingerprint density at radius 3 is 2.00 bits per heavy atom. The molecule has 0 bridgehead atoms. The highest BCUT2D eigenvalue weighted by atomic mass is 16.7. The minimum Gasteiger partial charge on any atom is -0.486 e. The van der Waals surface area contributed by atoms with Gasteiger partial charge in [0.1, 0.15) is 19.3 Å². The Hall–Kier alpha value is -4.76. The molecule has 0 radical (unpaired) electrons. The van der Waals surface area contributed by atoms with E-state index >= 15 is 0 Å². The zero-order valence-corrected chi connectivity index (χ0v) is 26.6. The first-order chi connectivity index (χ1) is 21.7. The summed E-state index contributed by atoms with van der Waals surface area (Å²) >= 11 is 0. The molecule has 252 valence electrons.